The molecule has 0 unspecified atom stereocenters. The highest BCUT2D eigenvalue weighted by atomic mass is 19.4. The van der Waals surface area contributed by atoms with Crippen molar-refractivity contribution in [2.24, 2.45) is 0 Å². The van der Waals surface area contributed by atoms with Crippen LogP contribution in [0.4, 0.5) is 13.2 Å². The average molecular weight is 288 g/mol. The Balaban J connectivity index is 2.85. The predicted molar refractivity (Wildman–Crippen MR) is 68.0 cm³/mol. The molecule has 20 heavy (non-hydrogen) atoms. The van der Waals surface area contributed by atoms with Gasteiger partial charge in [0.15, 0.2) is 0 Å². The maximum absolute atomic E-state index is 12.2. The van der Waals surface area contributed by atoms with Gasteiger partial charge in [-0.2, -0.15) is 0 Å². The minimum atomic E-state index is -4.78. The van der Waals surface area contributed by atoms with Gasteiger partial charge >= 0.3 is 12.3 Å². The predicted octanol–water partition coefficient (Wildman–Crippen LogP) is 3.94. The van der Waals surface area contributed by atoms with Crippen LogP contribution in [0.2, 0.25) is 0 Å². The zero-order chi connectivity index (χ0) is 15.4. The number of ether oxygens (including phenoxy) is 2. The first-order valence-corrected chi connectivity index (χ1v) is 5.83. The molecule has 1 aromatic carbocycles. The van der Waals surface area contributed by atoms with Crippen molar-refractivity contribution in [3.8, 4) is 5.75 Å². The number of carbonyl (C=O) groups excluding carboxylic acids is 1. The maximum Gasteiger partial charge on any atom is 0.573 e. The summed E-state index contributed by atoms with van der Waals surface area (Å²) in [6, 6.07) is 5.52. The molecule has 0 amide bonds. The lowest BCUT2D eigenvalue weighted by Crippen LogP contribution is -2.22. The van der Waals surface area contributed by atoms with Gasteiger partial charge in [0.05, 0.1) is 0 Å². The number of hydrogen-bond acceptors (Lipinski definition) is 3. The van der Waals surface area contributed by atoms with Gasteiger partial charge in [0.2, 0.25) is 0 Å². The number of alkyl halides is 3. The van der Waals surface area contributed by atoms with Gasteiger partial charge in [-0.05, 0) is 32.9 Å². The molecule has 0 N–H and O–H groups in total. The third kappa shape index (κ3) is 6.26. The van der Waals surface area contributed by atoms with Crippen LogP contribution >= 0.6 is 0 Å². The van der Waals surface area contributed by atoms with Crippen LogP contribution in [0, 0.1) is 0 Å². The van der Waals surface area contributed by atoms with E-state index in [1.165, 1.54) is 30.3 Å². The molecule has 110 valence electrons. The zero-order valence-corrected chi connectivity index (χ0v) is 11.3. The Morgan fingerprint density at radius 1 is 1.15 bits per heavy atom. The van der Waals surface area contributed by atoms with Crippen LogP contribution in [0.3, 0.4) is 0 Å². The molecular formula is C14H15F3O3. The zero-order valence-electron chi connectivity index (χ0n) is 11.3. The monoisotopic (exact) mass is 288 g/mol. The summed E-state index contributed by atoms with van der Waals surface area (Å²) in [7, 11) is 0. The Morgan fingerprint density at radius 2 is 1.75 bits per heavy atom. The van der Waals surface area contributed by atoms with Gasteiger partial charge < -0.3 is 9.47 Å². The minimum absolute atomic E-state index is 0.135. The molecule has 0 aliphatic rings. The Hall–Kier alpha value is -1.98. The Kier molecular flexibility index (Phi) is 4.81. The van der Waals surface area contributed by atoms with Crippen LogP contribution in [0.5, 0.6) is 5.75 Å². The van der Waals surface area contributed by atoms with E-state index in [0.29, 0.717) is 0 Å². The summed E-state index contributed by atoms with van der Waals surface area (Å²) in [5.41, 5.74) is -0.528. The van der Waals surface area contributed by atoms with Crippen LogP contribution in [0.15, 0.2) is 30.3 Å². The first-order chi connectivity index (χ1) is 9.07. The molecule has 6 heteroatoms. The Morgan fingerprint density at radius 3 is 2.30 bits per heavy atom. The molecule has 0 saturated carbocycles. The first kappa shape index (κ1) is 16.1. The van der Waals surface area contributed by atoms with E-state index >= 15 is 0 Å². The number of benzene rings is 1. The molecule has 0 saturated heterocycles. The van der Waals surface area contributed by atoms with Crippen LogP contribution in [-0.4, -0.2) is 17.9 Å². The van der Waals surface area contributed by atoms with E-state index in [1.54, 1.807) is 20.8 Å². The van der Waals surface area contributed by atoms with Crippen LogP contribution < -0.4 is 4.74 Å². The number of hydrogen-bond donors (Lipinski definition) is 0. The van der Waals surface area contributed by atoms with Gasteiger partial charge in [0, 0.05) is 11.6 Å². The van der Waals surface area contributed by atoms with Crippen molar-refractivity contribution in [3.05, 3.63) is 35.9 Å². The van der Waals surface area contributed by atoms with Gasteiger partial charge in [0.25, 0.3) is 0 Å². The molecule has 1 rings (SSSR count). The molecule has 0 fully saturated rings. The number of esters is 1. The molecule has 0 aliphatic heterocycles. The number of para-hydroxylation sites is 1. The first-order valence-electron chi connectivity index (χ1n) is 5.83. The number of carbonyl (C=O) groups is 1. The second-order valence-corrected chi connectivity index (χ2v) is 4.95. The Labute approximate surface area is 115 Å². The fourth-order valence-corrected chi connectivity index (χ4v) is 1.33. The molecule has 0 bridgehead atoms. The van der Waals surface area contributed by atoms with Crippen molar-refractivity contribution in [3.63, 3.8) is 0 Å². The third-order valence-electron chi connectivity index (χ3n) is 1.95. The molecule has 0 aromatic heterocycles. The van der Waals surface area contributed by atoms with E-state index in [1.807, 2.05) is 0 Å². The van der Waals surface area contributed by atoms with E-state index in [4.69, 9.17) is 4.74 Å². The van der Waals surface area contributed by atoms with Gasteiger partial charge in [-0.3, -0.25) is 0 Å². The average Bonchev–Trinajstić information content (AvgIpc) is 2.23. The summed E-state index contributed by atoms with van der Waals surface area (Å²) in [5.74, 6) is -1.01. The SMILES string of the molecule is CC(C)(C)OC(=O)/C=C/c1ccccc1OC(F)(F)F. The summed E-state index contributed by atoms with van der Waals surface area (Å²) in [5, 5.41) is 0. The largest absolute Gasteiger partial charge is 0.573 e. The van der Waals surface area contributed by atoms with E-state index in [-0.39, 0.29) is 11.3 Å². The van der Waals surface area contributed by atoms with E-state index in [2.05, 4.69) is 4.74 Å². The summed E-state index contributed by atoms with van der Waals surface area (Å²) >= 11 is 0. The lowest BCUT2D eigenvalue weighted by atomic mass is 10.2. The summed E-state index contributed by atoms with van der Waals surface area (Å²) < 4.78 is 45.5. The van der Waals surface area contributed by atoms with Gasteiger partial charge in [-0.15, -0.1) is 13.2 Å². The second-order valence-electron chi connectivity index (χ2n) is 4.95. The van der Waals surface area contributed by atoms with Gasteiger partial charge in [-0.25, -0.2) is 4.79 Å². The molecule has 0 radical (unpaired) electrons. The number of rotatable bonds is 3. The summed E-state index contributed by atoms with van der Waals surface area (Å²) in [6.07, 6.45) is -2.51. The molecular weight excluding hydrogens is 273 g/mol. The summed E-state index contributed by atoms with van der Waals surface area (Å²) in [6.45, 7) is 5.08. The topological polar surface area (TPSA) is 35.5 Å². The highest BCUT2D eigenvalue weighted by molar-refractivity contribution is 5.87. The maximum atomic E-state index is 12.2. The third-order valence-corrected chi connectivity index (χ3v) is 1.95. The fraction of sp³-hybridized carbons (Fsp3) is 0.357. The minimum Gasteiger partial charge on any atom is -0.457 e. The van der Waals surface area contributed by atoms with Crippen LogP contribution in [0.25, 0.3) is 6.08 Å². The second kappa shape index (κ2) is 5.98. The standard InChI is InChI=1S/C14H15F3O3/c1-13(2,3)20-12(18)9-8-10-6-4-5-7-11(10)19-14(15,16)17/h4-9H,1-3H3/b9-8+. The van der Waals surface area contributed by atoms with Crippen molar-refractivity contribution in [2.45, 2.75) is 32.7 Å². The van der Waals surface area contributed by atoms with E-state index in [9.17, 15) is 18.0 Å². The lowest BCUT2D eigenvalue weighted by Gasteiger charge is -2.18. The van der Waals surface area contributed by atoms with Crippen molar-refractivity contribution in [1.29, 1.82) is 0 Å². The van der Waals surface area contributed by atoms with Crippen molar-refractivity contribution in [2.75, 3.05) is 0 Å². The molecule has 0 heterocycles. The smallest absolute Gasteiger partial charge is 0.457 e. The molecule has 0 aliphatic carbocycles. The quantitative estimate of drug-likeness (QED) is 0.624. The van der Waals surface area contributed by atoms with Crippen molar-refractivity contribution in [1.82, 2.24) is 0 Å². The van der Waals surface area contributed by atoms with Crippen LogP contribution in [0.1, 0.15) is 26.3 Å². The molecule has 3 nitrogen and oxygen atoms in total. The van der Waals surface area contributed by atoms with Crippen molar-refractivity contribution >= 4 is 12.0 Å². The lowest BCUT2D eigenvalue weighted by molar-refractivity contribution is -0.274. The number of halogens is 3. The van der Waals surface area contributed by atoms with Gasteiger partial charge in [-0.1, -0.05) is 18.2 Å². The molecule has 0 spiro atoms. The van der Waals surface area contributed by atoms with E-state index in [0.717, 1.165) is 6.08 Å². The molecule has 1 aromatic rings. The van der Waals surface area contributed by atoms with Gasteiger partial charge in [0.1, 0.15) is 11.4 Å². The fourth-order valence-electron chi connectivity index (χ4n) is 1.33. The van der Waals surface area contributed by atoms with E-state index < -0.39 is 17.9 Å². The highest BCUT2D eigenvalue weighted by Crippen LogP contribution is 2.27. The Bertz CT molecular complexity index is 499. The van der Waals surface area contributed by atoms with Crippen molar-refractivity contribution < 1.29 is 27.4 Å². The van der Waals surface area contributed by atoms with Crippen LogP contribution in [-0.2, 0) is 9.53 Å². The highest BCUT2D eigenvalue weighted by Gasteiger charge is 2.31. The summed E-state index contributed by atoms with van der Waals surface area (Å²) in [4.78, 5) is 11.5. The normalized spacial score (nSPS) is 12.5. The molecule has 0 atom stereocenters.